The monoisotopic (exact) mass is 256 g/mol. The molecule has 3 N–H and O–H groups in total. The number of aliphatic carboxylic acids is 1. The van der Waals surface area contributed by atoms with E-state index in [1.165, 1.54) is 4.90 Å². The van der Waals surface area contributed by atoms with Crippen LogP contribution in [0.2, 0.25) is 0 Å². The molecule has 6 nitrogen and oxygen atoms in total. The van der Waals surface area contributed by atoms with E-state index in [2.05, 4.69) is 0 Å². The Morgan fingerprint density at radius 3 is 2.11 bits per heavy atom. The zero-order chi connectivity index (χ0) is 13.8. The molecule has 102 valence electrons. The fourth-order valence-corrected chi connectivity index (χ4v) is 2.34. The molecule has 2 rings (SSSR count). The van der Waals surface area contributed by atoms with Gasteiger partial charge in [-0.3, -0.25) is 4.79 Å². The number of hydrogen-bond acceptors (Lipinski definition) is 4. The number of carbonyl (C=O) groups is 2. The Kier molecular flexibility index (Phi) is 2.63. The maximum Gasteiger partial charge on any atom is 0.410 e. The summed E-state index contributed by atoms with van der Waals surface area (Å²) in [6, 6.07) is 0. The lowest BCUT2D eigenvalue weighted by Gasteiger charge is -2.50. The van der Waals surface area contributed by atoms with Gasteiger partial charge < -0.3 is 20.5 Å². The molecule has 1 saturated heterocycles. The molecule has 1 heterocycles. The van der Waals surface area contributed by atoms with Crippen LogP contribution >= 0.6 is 0 Å². The second-order valence-electron chi connectivity index (χ2n) is 6.38. The van der Waals surface area contributed by atoms with Crippen molar-refractivity contribution >= 4 is 12.1 Å². The summed E-state index contributed by atoms with van der Waals surface area (Å²) in [6.07, 6.45) is 0.951. The Balaban J connectivity index is 2.00. The third-order valence-corrected chi connectivity index (χ3v) is 3.72. The Morgan fingerprint density at radius 1 is 1.28 bits per heavy atom. The summed E-state index contributed by atoms with van der Waals surface area (Å²) in [4.78, 5) is 24.6. The molecule has 0 aromatic rings. The highest BCUT2D eigenvalue weighted by Crippen LogP contribution is 2.53. The van der Waals surface area contributed by atoms with Gasteiger partial charge in [-0.25, -0.2) is 4.79 Å². The molecule has 1 saturated carbocycles. The predicted molar refractivity (Wildman–Crippen MR) is 64.0 cm³/mol. The van der Waals surface area contributed by atoms with E-state index < -0.39 is 28.6 Å². The highest BCUT2D eigenvalue weighted by Gasteiger charge is 2.68. The summed E-state index contributed by atoms with van der Waals surface area (Å²) in [6.45, 7) is 5.63. The number of carboxylic acids is 1. The first-order valence-corrected chi connectivity index (χ1v) is 6.10. The molecule has 0 aromatic carbocycles. The van der Waals surface area contributed by atoms with Crippen LogP contribution in [0.15, 0.2) is 0 Å². The number of likely N-dealkylation sites (tertiary alicyclic amines) is 1. The fraction of sp³-hybridized carbons (Fsp3) is 0.833. The van der Waals surface area contributed by atoms with Crippen LogP contribution in [0.1, 0.15) is 33.6 Å². The van der Waals surface area contributed by atoms with E-state index in [0.717, 1.165) is 0 Å². The summed E-state index contributed by atoms with van der Waals surface area (Å²) >= 11 is 0. The van der Waals surface area contributed by atoms with Crippen LogP contribution < -0.4 is 5.73 Å². The minimum Gasteiger partial charge on any atom is -0.481 e. The molecule has 0 atom stereocenters. The van der Waals surface area contributed by atoms with Crippen LogP contribution in [0, 0.1) is 5.41 Å². The smallest absolute Gasteiger partial charge is 0.410 e. The Bertz CT molecular complexity index is 389. The minimum atomic E-state index is -0.982. The van der Waals surface area contributed by atoms with Gasteiger partial charge in [0.05, 0.1) is 0 Å². The second-order valence-corrected chi connectivity index (χ2v) is 6.38. The largest absolute Gasteiger partial charge is 0.481 e. The first-order chi connectivity index (χ1) is 8.10. The highest BCUT2D eigenvalue weighted by atomic mass is 16.6. The number of rotatable bonds is 2. The molecule has 6 heteroatoms. The molecule has 1 aliphatic carbocycles. The van der Waals surface area contributed by atoms with Crippen molar-refractivity contribution in [2.24, 2.45) is 11.1 Å². The van der Waals surface area contributed by atoms with E-state index in [1.54, 1.807) is 20.8 Å². The number of carbonyl (C=O) groups excluding carboxylic acids is 1. The van der Waals surface area contributed by atoms with Gasteiger partial charge >= 0.3 is 12.1 Å². The van der Waals surface area contributed by atoms with E-state index in [-0.39, 0.29) is 13.1 Å². The quantitative estimate of drug-likeness (QED) is 0.762. The molecule has 0 aromatic heterocycles. The first-order valence-electron chi connectivity index (χ1n) is 6.10. The van der Waals surface area contributed by atoms with Gasteiger partial charge in [0.1, 0.15) is 11.0 Å². The van der Waals surface area contributed by atoms with Gasteiger partial charge in [-0.2, -0.15) is 0 Å². The number of nitrogens with two attached hydrogens (primary N) is 1. The maximum absolute atomic E-state index is 11.8. The molecular weight excluding hydrogens is 236 g/mol. The highest BCUT2D eigenvalue weighted by molar-refractivity contribution is 5.83. The van der Waals surface area contributed by atoms with E-state index >= 15 is 0 Å². The second kappa shape index (κ2) is 3.60. The van der Waals surface area contributed by atoms with Gasteiger partial charge in [0, 0.05) is 18.6 Å². The molecule has 18 heavy (non-hydrogen) atoms. The van der Waals surface area contributed by atoms with E-state index in [1.807, 2.05) is 0 Å². The summed E-state index contributed by atoms with van der Waals surface area (Å²) in [5.41, 5.74) is 3.82. The predicted octanol–water partition coefficient (Wildman–Crippen LogP) is 0.799. The van der Waals surface area contributed by atoms with Gasteiger partial charge in [-0.1, -0.05) is 0 Å². The summed E-state index contributed by atoms with van der Waals surface area (Å²) < 4.78 is 5.20. The zero-order valence-electron chi connectivity index (χ0n) is 11.0. The third-order valence-electron chi connectivity index (χ3n) is 3.72. The summed E-state index contributed by atoms with van der Waals surface area (Å²) in [5.74, 6) is -0.915. The van der Waals surface area contributed by atoms with Gasteiger partial charge in [0.25, 0.3) is 0 Å². The van der Waals surface area contributed by atoms with Crippen molar-refractivity contribution in [3.8, 4) is 0 Å². The molecule has 0 bridgehead atoms. The average molecular weight is 256 g/mol. The topological polar surface area (TPSA) is 92.9 Å². The van der Waals surface area contributed by atoms with Crippen molar-refractivity contribution in [2.45, 2.75) is 44.8 Å². The van der Waals surface area contributed by atoms with E-state index in [0.29, 0.717) is 12.8 Å². The molecule has 2 fully saturated rings. The Labute approximate surface area is 106 Å². The van der Waals surface area contributed by atoms with Crippen molar-refractivity contribution in [3.05, 3.63) is 0 Å². The molecule has 1 aliphatic heterocycles. The van der Waals surface area contributed by atoms with Crippen molar-refractivity contribution < 1.29 is 19.4 Å². The lowest BCUT2D eigenvalue weighted by Crippen LogP contribution is -2.70. The average Bonchev–Trinajstić information content (AvgIpc) is 2.77. The van der Waals surface area contributed by atoms with Gasteiger partial charge in [0.2, 0.25) is 0 Å². The molecule has 0 spiro atoms. The van der Waals surface area contributed by atoms with Crippen molar-refractivity contribution in [1.82, 2.24) is 4.90 Å². The van der Waals surface area contributed by atoms with E-state index in [9.17, 15) is 14.7 Å². The summed E-state index contributed by atoms with van der Waals surface area (Å²) in [7, 11) is 0. The van der Waals surface area contributed by atoms with Crippen LogP contribution in [0.25, 0.3) is 0 Å². The number of ether oxygens (including phenoxy) is 1. The normalized spacial score (nSPS) is 24.1. The fourth-order valence-electron chi connectivity index (χ4n) is 2.34. The summed E-state index contributed by atoms with van der Waals surface area (Å²) in [5, 5.41) is 9.33. The standard InChI is InChI=1S/C12H20N2O4/c1-10(2,3)18-9(17)14-6-11(7-14,8(15)16)12(13)4-5-12/h4-7,13H2,1-3H3,(H,15,16). The molecule has 1 amide bonds. The van der Waals surface area contributed by atoms with Crippen molar-refractivity contribution in [1.29, 1.82) is 0 Å². The minimum absolute atomic E-state index is 0.147. The van der Waals surface area contributed by atoms with Crippen LogP contribution in [-0.4, -0.2) is 46.3 Å². The zero-order valence-corrected chi connectivity index (χ0v) is 11.0. The van der Waals surface area contributed by atoms with Crippen LogP contribution in [-0.2, 0) is 9.53 Å². The third kappa shape index (κ3) is 1.94. The Hall–Kier alpha value is -1.30. The van der Waals surface area contributed by atoms with E-state index in [4.69, 9.17) is 10.5 Å². The molecule has 0 unspecified atom stereocenters. The van der Waals surface area contributed by atoms with Gasteiger partial charge in [-0.15, -0.1) is 0 Å². The van der Waals surface area contributed by atoms with Crippen molar-refractivity contribution in [2.75, 3.05) is 13.1 Å². The van der Waals surface area contributed by atoms with Crippen LogP contribution in [0.3, 0.4) is 0 Å². The number of carboxylic acid groups (broad SMARTS) is 1. The first kappa shape index (κ1) is 13.1. The lowest BCUT2D eigenvalue weighted by molar-refractivity contribution is -0.163. The molecule has 2 aliphatic rings. The lowest BCUT2D eigenvalue weighted by atomic mass is 9.71. The Morgan fingerprint density at radius 2 is 1.78 bits per heavy atom. The number of amides is 1. The number of nitrogens with zero attached hydrogens (tertiary/aromatic N) is 1. The number of hydrogen-bond donors (Lipinski definition) is 2. The van der Waals surface area contributed by atoms with Gasteiger partial charge in [0.15, 0.2) is 0 Å². The maximum atomic E-state index is 11.8. The van der Waals surface area contributed by atoms with Crippen LogP contribution in [0.5, 0.6) is 0 Å². The van der Waals surface area contributed by atoms with Crippen molar-refractivity contribution in [3.63, 3.8) is 0 Å². The molecular formula is C12H20N2O4. The van der Waals surface area contributed by atoms with Gasteiger partial charge in [-0.05, 0) is 33.6 Å². The molecule has 0 radical (unpaired) electrons. The van der Waals surface area contributed by atoms with Crippen LogP contribution in [0.4, 0.5) is 4.79 Å². The SMILES string of the molecule is CC(C)(C)OC(=O)N1CC(C(=O)O)(C2(N)CC2)C1.